The summed E-state index contributed by atoms with van der Waals surface area (Å²) in [5, 5.41) is 0. The van der Waals surface area contributed by atoms with Crippen molar-refractivity contribution in [2.24, 2.45) is 0 Å². The van der Waals surface area contributed by atoms with Crippen molar-refractivity contribution in [1.29, 1.82) is 0 Å². The third kappa shape index (κ3) is 4.54. The number of halogens is 1. The van der Waals surface area contributed by atoms with Gasteiger partial charge in [0.05, 0.1) is 0 Å². The van der Waals surface area contributed by atoms with Gasteiger partial charge in [-0.2, -0.15) is 0 Å². The van der Waals surface area contributed by atoms with Gasteiger partial charge in [-0.1, -0.05) is 66.2 Å². The Morgan fingerprint density at radius 3 is 0.923 bits per heavy atom. The van der Waals surface area contributed by atoms with Crippen LogP contribution < -0.4 is 12.4 Å². The summed E-state index contributed by atoms with van der Waals surface area (Å²) in [6.45, 7) is 18.5. The number of rotatable bonds is 3. The fourth-order valence-corrected chi connectivity index (χ4v) is 6.00. The van der Waals surface area contributed by atoms with Gasteiger partial charge in [0, 0.05) is 0 Å². The largest absolute Gasteiger partial charge is 2.00 e. The zero-order valence-corrected chi connectivity index (χ0v) is 13.2. The second kappa shape index (κ2) is 7.55. The molecule has 0 aliphatic rings. The van der Waals surface area contributed by atoms with Crippen molar-refractivity contribution in [3.05, 3.63) is 6.55 Å². The third-order valence-corrected chi connectivity index (χ3v) is 9.67. The van der Waals surface area contributed by atoms with E-state index in [0.717, 1.165) is 16.6 Å². The van der Waals surface area contributed by atoms with Crippen LogP contribution in [-0.2, 0) is 0 Å². The van der Waals surface area contributed by atoms with Crippen molar-refractivity contribution >= 4 is 31.1 Å². The van der Waals surface area contributed by atoms with Gasteiger partial charge in [-0.15, -0.1) is 0 Å². The van der Waals surface area contributed by atoms with E-state index in [4.69, 9.17) is 0 Å². The smallest absolute Gasteiger partial charge is 1.00 e. The van der Waals surface area contributed by atoms with E-state index in [1.54, 1.807) is 0 Å². The van der Waals surface area contributed by atoms with Crippen LogP contribution in [0.2, 0.25) is 16.6 Å². The van der Waals surface area contributed by atoms with Crippen LogP contribution in [0.5, 0.6) is 0 Å². The molecule has 0 rings (SSSR count). The molecule has 0 amide bonds. The molecule has 0 aliphatic carbocycles. The van der Waals surface area contributed by atoms with Crippen LogP contribution in [0.3, 0.4) is 0 Å². The van der Waals surface area contributed by atoms with Crippen molar-refractivity contribution in [3.63, 3.8) is 0 Å². The number of hydrogen-bond donors (Lipinski definition) is 0. The zero-order chi connectivity index (χ0) is 9.23. The molecule has 0 radical (unpaired) electrons. The van der Waals surface area contributed by atoms with Gasteiger partial charge in [-0.25, -0.2) is 0 Å². The van der Waals surface area contributed by atoms with Crippen molar-refractivity contribution in [1.82, 2.24) is 0 Å². The average Bonchev–Trinajstić information content (AvgIpc) is 1.84. The summed E-state index contributed by atoms with van der Waals surface area (Å²) in [5.74, 6) is 0. The maximum Gasteiger partial charge on any atom is 2.00 e. The van der Waals surface area contributed by atoms with Crippen molar-refractivity contribution in [2.75, 3.05) is 0 Å². The Hall–Kier alpha value is 1.27. The van der Waals surface area contributed by atoms with E-state index in [1.807, 2.05) is 0 Å². The second-order valence-corrected chi connectivity index (χ2v) is 10.3. The molecule has 0 aromatic carbocycles. The molecule has 0 N–H and O–H groups in total. The molecule has 0 spiro atoms. The van der Waals surface area contributed by atoms with Gasteiger partial charge >= 0.3 is 23.1 Å². The molecule has 0 saturated carbocycles. The maximum absolute atomic E-state index is 4.51. The zero-order valence-electron chi connectivity index (χ0n) is 10.0. The summed E-state index contributed by atoms with van der Waals surface area (Å²) in [5.41, 5.74) is 2.42. The van der Waals surface area contributed by atoms with E-state index >= 15 is 0 Å². The fraction of sp³-hybridized carbons (Fsp3) is 0.900. The maximum atomic E-state index is 4.51. The minimum absolute atomic E-state index is 0. The van der Waals surface area contributed by atoms with Gasteiger partial charge in [-0.3, -0.25) is 0 Å². The Balaban J connectivity index is -0.000000500. The molecule has 13 heavy (non-hydrogen) atoms. The molecule has 0 bridgehead atoms. The molecular weight excluding hydrogens is 208 g/mol. The van der Waals surface area contributed by atoms with Crippen LogP contribution in [0.4, 0.5) is 0 Å². The predicted molar refractivity (Wildman–Crippen MR) is 62.2 cm³/mol. The standard InChI is InChI=1S/C10H23Si.ClH.Mg/c1-8(2)11(7,9(3)4)10(5)6;;/h8-10H,7H2,1-6H3;1H;/q-1;;+2/p-1. The Bertz CT molecular complexity index is 102. The SMILES string of the molecule is [CH2-][Si](C(C)C)(C(C)C)C(C)C.[Cl-].[Mg+2]. The quantitative estimate of drug-likeness (QED) is 0.494. The minimum Gasteiger partial charge on any atom is -1.00 e. The Kier molecular flexibility index (Phi) is 11.5. The van der Waals surface area contributed by atoms with E-state index in [1.165, 1.54) is 0 Å². The van der Waals surface area contributed by atoms with Gasteiger partial charge in [-0.05, 0) is 0 Å². The summed E-state index contributed by atoms with van der Waals surface area (Å²) in [7, 11) is -1.23. The summed E-state index contributed by atoms with van der Waals surface area (Å²) < 4.78 is 0. The van der Waals surface area contributed by atoms with E-state index in [9.17, 15) is 0 Å². The van der Waals surface area contributed by atoms with Gasteiger partial charge in [0.1, 0.15) is 0 Å². The minimum atomic E-state index is -1.23. The van der Waals surface area contributed by atoms with Crippen molar-refractivity contribution in [3.8, 4) is 0 Å². The van der Waals surface area contributed by atoms with Crippen molar-refractivity contribution in [2.45, 2.75) is 58.2 Å². The molecular formula is C10H23ClMgSi. The van der Waals surface area contributed by atoms with Crippen LogP contribution in [0, 0.1) is 6.55 Å². The second-order valence-electron chi connectivity index (χ2n) is 4.58. The topological polar surface area (TPSA) is 0 Å². The molecule has 0 atom stereocenters. The first-order chi connectivity index (χ1) is 4.83. The Morgan fingerprint density at radius 1 is 0.769 bits per heavy atom. The summed E-state index contributed by atoms with van der Waals surface area (Å²) in [6.07, 6.45) is 0. The van der Waals surface area contributed by atoms with Gasteiger partial charge in [0.25, 0.3) is 0 Å². The first-order valence-electron chi connectivity index (χ1n) is 4.68. The fourth-order valence-electron chi connectivity index (χ4n) is 2.00. The molecule has 0 aromatic heterocycles. The molecule has 0 nitrogen and oxygen atoms in total. The van der Waals surface area contributed by atoms with E-state index < -0.39 is 8.07 Å². The molecule has 76 valence electrons. The molecule has 0 fully saturated rings. The first-order valence-corrected chi connectivity index (χ1v) is 7.12. The van der Waals surface area contributed by atoms with Gasteiger partial charge in [0.15, 0.2) is 0 Å². The van der Waals surface area contributed by atoms with Crippen LogP contribution in [-0.4, -0.2) is 31.1 Å². The van der Waals surface area contributed by atoms with E-state index in [-0.39, 0.29) is 35.5 Å². The number of hydrogen-bond acceptors (Lipinski definition) is 0. The molecule has 0 saturated heterocycles. The Morgan fingerprint density at radius 2 is 0.923 bits per heavy atom. The Labute approximate surface area is 108 Å². The van der Waals surface area contributed by atoms with E-state index in [2.05, 4.69) is 48.1 Å². The molecule has 3 heteroatoms. The molecule has 0 aromatic rings. The predicted octanol–water partition coefficient (Wildman–Crippen LogP) is 0.662. The van der Waals surface area contributed by atoms with Crippen molar-refractivity contribution < 1.29 is 12.4 Å². The van der Waals surface area contributed by atoms with Crippen LogP contribution in [0.15, 0.2) is 0 Å². The first kappa shape index (κ1) is 19.8. The van der Waals surface area contributed by atoms with E-state index in [0.29, 0.717) is 0 Å². The van der Waals surface area contributed by atoms with Crippen LogP contribution in [0.25, 0.3) is 0 Å². The average molecular weight is 231 g/mol. The van der Waals surface area contributed by atoms with Gasteiger partial charge < -0.3 is 19.0 Å². The normalized spacial score (nSPS) is 11.5. The summed E-state index contributed by atoms with van der Waals surface area (Å²) in [6, 6.07) is 0. The molecule has 0 aliphatic heterocycles. The van der Waals surface area contributed by atoms with Crippen LogP contribution >= 0.6 is 0 Å². The third-order valence-electron chi connectivity index (χ3n) is 3.22. The van der Waals surface area contributed by atoms with Gasteiger partial charge in [0.2, 0.25) is 0 Å². The van der Waals surface area contributed by atoms with Crippen LogP contribution in [0.1, 0.15) is 41.5 Å². The summed E-state index contributed by atoms with van der Waals surface area (Å²) >= 11 is 0. The molecule has 0 heterocycles. The monoisotopic (exact) mass is 230 g/mol. The summed E-state index contributed by atoms with van der Waals surface area (Å²) in [4.78, 5) is 0. The molecule has 0 unspecified atom stereocenters.